The van der Waals surface area contributed by atoms with Crippen LogP contribution < -0.4 is 10.1 Å². The molecular weight excluding hydrogens is 190 g/mol. The predicted octanol–water partition coefficient (Wildman–Crippen LogP) is 2.03. The Morgan fingerprint density at radius 1 is 1.47 bits per heavy atom. The Labute approximate surface area is 88.3 Å². The van der Waals surface area contributed by atoms with Crippen molar-refractivity contribution in [3.63, 3.8) is 0 Å². The van der Waals surface area contributed by atoms with Crippen molar-refractivity contribution >= 4 is 5.82 Å². The molecule has 0 radical (unpaired) electrons. The van der Waals surface area contributed by atoms with Crippen LogP contribution in [0.25, 0.3) is 0 Å². The number of anilines is 1. The summed E-state index contributed by atoms with van der Waals surface area (Å²) in [6.45, 7) is 0.729. The number of hydrogen-bond acceptors (Lipinski definition) is 3. The molecule has 78 valence electrons. The van der Waals surface area contributed by atoms with Crippen LogP contribution in [0.1, 0.15) is 5.69 Å². The van der Waals surface area contributed by atoms with Crippen molar-refractivity contribution in [3.8, 4) is 5.75 Å². The Balaban J connectivity index is 1.98. The Kier molecular flexibility index (Phi) is 2.88. The highest BCUT2D eigenvalue weighted by Gasteiger charge is 1.97. The van der Waals surface area contributed by atoms with Crippen LogP contribution >= 0.6 is 0 Å². The topological polar surface area (TPSA) is 49.9 Å². The van der Waals surface area contributed by atoms with E-state index in [1.54, 1.807) is 13.3 Å². The first kappa shape index (κ1) is 9.58. The summed E-state index contributed by atoms with van der Waals surface area (Å²) >= 11 is 0. The fraction of sp³-hybridized carbons (Fsp3) is 0.182. The second kappa shape index (κ2) is 4.50. The van der Waals surface area contributed by atoms with Gasteiger partial charge in [0.05, 0.1) is 13.7 Å². The highest BCUT2D eigenvalue weighted by molar-refractivity contribution is 5.40. The molecular formula is C11H13N3O. The van der Waals surface area contributed by atoms with Crippen LogP contribution in [0.3, 0.4) is 0 Å². The number of H-pyrrole nitrogens is 1. The Morgan fingerprint density at radius 2 is 2.40 bits per heavy atom. The summed E-state index contributed by atoms with van der Waals surface area (Å²) in [6, 6.07) is 7.67. The number of hydrogen-bond donors (Lipinski definition) is 2. The molecule has 0 bridgehead atoms. The van der Waals surface area contributed by atoms with Crippen LogP contribution in [0.4, 0.5) is 5.82 Å². The van der Waals surface area contributed by atoms with E-state index in [1.807, 2.05) is 30.5 Å². The minimum Gasteiger partial charge on any atom is -0.497 e. The molecule has 4 nitrogen and oxygen atoms in total. The predicted molar refractivity (Wildman–Crippen MR) is 58.9 cm³/mol. The summed E-state index contributed by atoms with van der Waals surface area (Å²) in [5.41, 5.74) is 1.12. The van der Waals surface area contributed by atoms with E-state index in [1.165, 1.54) is 0 Å². The number of nitrogens with one attached hydrogen (secondary N) is 2. The molecule has 0 spiro atoms. The molecule has 0 amide bonds. The van der Waals surface area contributed by atoms with Gasteiger partial charge in [-0.05, 0) is 18.2 Å². The van der Waals surface area contributed by atoms with E-state index in [4.69, 9.17) is 4.74 Å². The van der Waals surface area contributed by atoms with Gasteiger partial charge in [0.25, 0.3) is 0 Å². The van der Waals surface area contributed by atoms with Gasteiger partial charge < -0.3 is 15.0 Å². The lowest BCUT2D eigenvalue weighted by atomic mass is 10.4. The van der Waals surface area contributed by atoms with E-state index in [0.717, 1.165) is 23.8 Å². The molecule has 0 aliphatic rings. The zero-order chi connectivity index (χ0) is 10.5. The third kappa shape index (κ3) is 2.49. The molecule has 0 saturated carbocycles. The highest BCUT2D eigenvalue weighted by Crippen LogP contribution is 2.14. The summed E-state index contributed by atoms with van der Waals surface area (Å²) in [5, 5.41) is 3.20. The lowest BCUT2D eigenvalue weighted by molar-refractivity contribution is 0.414. The van der Waals surface area contributed by atoms with E-state index in [0.29, 0.717) is 0 Å². The zero-order valence-electron chi connectivity index (χ0n) is 8.53. The van der Waals surface area contributed by atoms with Gasteiger partial charge >= 0.3 is 0 Å². The number of pyridine rings is 1. The quantitative estimate of drug-likeness (QED) is 0.799. The van der Waals surface area contributed by atoms with Gasteiger partial charge in [-0.3, -0.25) is 0 Å². The lowest BCUT2D eigenvalue weighted by Crippen LogP contribution is -2.01. The monoisotopic (exact) mass is 203 g/mol. The first-order valence-corrected chi connectivity index (χ1v) is 4.74. The van der Waals surface area contributed by atoms with Crippen molar-refractivity contribution in [2.24, 2.45) is 0 Å². The van der Waals surface area contributed by atoms with Gasteiger partial charge in [0.2, 0.25) is 0 Å². The van der Waals surface area contributed by atoms with E-state index in [2.05, 4.69) is 15.3 Å². The van der Waals surface area contributed by atoms with Gasteiger partial charge in [0.1, 0.15) is 11.6 Å². The first-order valence-electron chi connectivity index (χ1n) is 4.74. The van der Waals surface area contributed by atoms with Crippen molar-refractivity contribution in [1.29, 1.82) is 0 Å². The molecule has 0 saturated heterocycles. The molecule has 2 heterocycles. The van der Waals surface area contributed by atoms with Gasteiger partial charge in [-0.1, -0.05) is 0 Å². The van der Waals surface area contributed by atoms with E-state index in [9.17, 15) is 0 Å². The molecule has 0 atom stereocenters. The molecule has 2 aromatic heterocycles. The first-order chi connectivity index (χ1) is 7.38. The summed E-state index contributed by atoms with van der Waals surface area (Å²) in [5.74, 6) is 1.61. The van der Waals surface area contributed by atoms with Crippen molar-refractivity contribution in [2.45, 2.75) is 6.54 Å². The average molecular weight is 203 g/mol. The molecule has 0 unspecified atom stereocenters. The number of rotatable bonds is 4. The standard InChI is InChI=1S/C11H13N3O/c1-15-10-4-6-13-11(7-10)14-8-9-3-2-5-12-9/h2-7,12H,8H2,1H3,(H,13,14). The molecule has 2 rings (SSSR count). The Morgan fingerprint density at radius 3 is 3.13 bits per heavy atom. The summed E-state index contributed by atoms with van der Waals surface area (Å²) in [4.78, 5) is 7.30. The molecule has 2 aromatic rings. The van der Waals surface area contributed by atoms with Crippen molar-refractivity contribution in [1.82, 2.24) is 9.97 Å². The molecule has 0 fully saturated rings. The van der Waals surface area contributed by atoms with E-state index < -0.39 is 0 Å². The molecule has 0 aliphatic heterocycles. The third-order valence-electron chi connectivity index (χ3n) is 2.09. The smallest absolute Gasteiger partial charge is 0.129 e. The van der Waals surface area contributed by atoms with E-state index >= 15 is 0 Å². The van der Waals surface area contributed by atoms with Gasteiger partial charge in [0, 0.05) is 24.2 Å². The summed E-state index contributed by atoms with van der Waals surface area (Å²) in [6.07, 6.45) is 3.62. The SMILES string of the molecule is COc1ccnc(NCc2ccc[nH]2)c1. The van der Waals surface area contributed by atoms with E-state index in [-0.39, 0.29) is 0 Å². The van der Waals surface area contributed by atoms with Gasteiger partial charge in [-0.25, -0.2) is 4.98 Å². The molecule has 0 aliphatic carbocycles. The minimum atomic E-state index is 0.729. The number of ether oxygens (including phenoxy) is 1. The minimum absolute atomic E-state index is 0.729. The summed E-state index contributed by atoms with van der Waals surface area (Å²) in [7, 11) is 1.64. The fourth-order valence-electron chi connectivity index (χ4n) is 1.30. The van der Waals surface area contributed by atoms with Gasteiger partial charge in [-0.2, -0.15) is 0 Å². The lowest BCUT2D eigenvalue weighted by Gasteiger charge is -2.05. The van der Waals surface area contributed by atoms with Crippen LogP contribution in [0.5, 0.6) is 5.75 Å². The summed E-state index contributed by atoms with van der Waals surface area (Å²) < 4.78 is 5.10. The number of aromatic amines is 1. The molecule has 0 aromatic carbocycles. The maximum Gasteiger partial charge on any atom is 0.129 e. The highest BCUT2D eigenvalue weighted by atomic mass is 16.5. The van der Waals surface area contributed by atoms with Crippen molar-refractivity contribution < 1.29 is 4.74 Å². The largest absolute Gasteiger partial charge is 0.497 e. The second-order valence-corrected chi connectivity index (χ2v) is 3.13. The Bertz CT molecular complexity index is 412. The van der Waals surface area contributed by atoms with Crippen molar-refractivity contribution in [3.05, 3.63) is 42.4 Å². The van der Waals surface area contributed by atoms with Crippen LogP contribution in [0, 0.1) is 0 Å². The molecule has 15 heavy (non-hydrogen) atoms. The maximum absolute atomic E-state index is 5.10. The number of aromatic nitrogens is 2. The molecule has 4 heteroatoms. The maximum atomic E-state index is 5.10. The normalized spacial score (nSPS) is 9.93. The fourth-order valence-corrected chi connectivity index (χ4v) is 1.30. The van der Waals surface area contributed by atoms with Crippen LogP contribution in [-0.4, -0.2) is 17.1 Å². The van der Waals surface area contributed by atoms with Crippen LogP contribution in [0.15, 0.2) is 36.7 Å². The number of methoxy groups -OCH3 is 1. The zero-order valence-corrected chi connectivity index (χ0v) is 8.53. The van der Waals surface area contributed by atoms with Gasteiger partial charge in [0.15, 0.2) is 0 Å². The molecule has 2 N–H and O–H groups in total. The Hall–Kier alpha value is -1.97. The van der Waals surface area contributed by atoms with Crippen LogP contribution in [-0.2, 0) is 6.54 Å². The average Bonchev–Trinajstić information content (AvgIpc) is 2.79. The second-order valence-electron chi connectivity index (χ2n) is 3.13. The van der Waals surface area contributed by atoms with Crippen LogP contribution in [0.2, 0.25) is 0 Å². The van der Waals surface area contributed by atoms with Crippen molar-refractivity contribution in [2.75, 3.05) is 12.4 Å². The number of nitrogens with zero attached hydrogens (tertiary/aromatic N) is 1. The third-order valence-corrected chi connectivity index (χ3v) is 2.09. The van der Waals surface area contributed by atoms with Gasteiger partial charge in [-0.15, -0.1) is 0 Å².